The maximum Gasteiger partial charge on any atom is 0.0109 e. The molecule has 1 aliphatic heterocycles. The largest absolute Gasteiger partial charge is 0.302 e. The molecule has 1 saturated heterocycles. The van der Waals surface area contributed by atoms with Gasteiger partial charge in [-0.1, -0.05) is 116 Å². The van der Waals surface area contributed by atoms with Gasteiger partial charge >= 0.3 is 0 Å². The topological polar surface area (TPSA) is 6.48 Å². The zero-order valence-corrected chi connectivity index (χ0v) is 23.8. The maximum atomic E-state index is 2.81. The van der Waals surface area contributed by atoms with Crippen LogP contribution in [-0.2, 0) is 0 Å². The zero-order valence-electron chi connectivity index (χ0n) is 23.8. The summed E-state index contributed by atoms with van der Waals surface area (Å²) in [6.07, 6.45) is 35.9. The number of rotatable bonds is 26. The highest BCUT2D eigenvalue weighted by Gasteiger charge is 2.13. The van der Waals surface area contributed by atoms with E-state index in [4.69, 9.17) is 0 Å². The van der Waals surface area contributed by atoms with Crippen LogP contribution >= 0.6 is 0 Å². The summed E-state index contributed by atoms with van der Waals surface area (Å²) in [7, 11) is 0. The summed E-state index contributed by atoms with van der Waals surface area (Å²) in [5, 5.41) is 0. The Kier molecular flexibility index (Phi) is 24.0. The zero-order chi connectivity index (χ0) is 24.4. The molecular formula is C32H64N2. The molecule has 0 bridgehead atoms. The highest BCUT2D eigenvalue weighted by atomic mass is 15.2. The van der Waals surface area contributed by atoms with Gasteiger partial charge in [-0.2, -0.15) is 0 Å². The number of allylic oxidation sites excluding steroid dienone is 2. The average molecular weight is 477 g/mol. The minimum absolute atomic E-state index is 1.30. The van der Waals surface area contributed by atoms with Gasteiger partial charge in [0.1, 0.15) is 0 Å². The molecule has 0 amide bonds. The quantitative estimate of drug-likeness (QED) is 0.0905. The summed E-state index contributed by atoms with van der Waals surface area (Å²) in [5.74, 6) is 0. The molecule has 0 unspecified atom stereocenters. The Morgan fingerprint density at radius 1 is 0.500 bits per heavy atom. The van der Waals surface area contributed by atoms with E-state index >= 15 is 0 Å². The third-order valence-electron chi connectivity index (χ3n) is 7.75. The fourth-order valence-corrected chi connectivity index (χ4v) is 5.32. The highest BCUT2D eigenvalue weighted by molar-refractivity contribution is 4.81. The molecule has 0 radical (unpaired) electrons. The van der Waals surface area contributed by atoms with E-state index < -0.39 is 0 Å². The van der Waals surface area contributed by atoms with Crippen molar-refractivity contribution in [3.05, 3.63) is 12.2 Å². The van der Waals surface area contributed by atoms with Crippen LogP contribution in [0.15, 0.2) is 12.2 Å². The first-order valence-corrected chi connectivity index (χ1v) is 16.0. The molecule has 202 valence electrons. The van der Waals surface area contributed by atoms with E-state index in [2.05, 4.69) is 35.8 Å². The van der Waals surface area contributed by atoms with Crippen molar-refractivity contribution in [1.29, 1.82) is 0 Å². The first-order chi connectivity index (χ1) is 16.9. The lowest BCUT2D eigenvalue weighted by Gasteiger charge is -2.25. The van der Waals surface area contributed by atoms with E-state index in [1.807, 2.05) is 0 Å². The predicted octanol–water partition coefficient (Wildman–Crippen LogP) is 9.78. The first kappa shape index (κ1) is 31.7. The molecule has 0 aliphatic carbocycles. The molecule has 0 aromatic carbocycles. The van der Waals surface area contributed by atoms with Crippen LogP contribution in [0.5, 0.6) is 0 Å². The Morgan fingerprint density at radius 3 is 1.41 bits per heavy atom. The average Bonchev–Trinajstić information content (AvgIpc) is 3.37. The number of hydrogen-bond donors (Lipinski definition) is 0. The molecule has 0 spiro atoms. The third-order valence-corrected chi connectivity index (χ3v) is 7.75. The molecule has 2 nitrogen and oxygen atoms in total. The maximum absolute atomic E-state index is 2.81. The molecule has 1 aliphatic rings. The van der Waals surface area contributed by atoms with E-state index in [-0.39, 0.29) is 0 Å². The lowest BCUT2D eigenvalue weighted by Crippen LogP contribution is -2.35. The van der Waals surface area contributed by atoms with Gasteiger partial charge in [-0.15, -0.1) is 0 Å². The second-order valence-electron chi connectivity index (χ2n) is 11.1. The second-order valence-corrected chi connectivity index (χ2v) is 11.1. The molecule has 0 atom stereocenters. The molecule has 1 fully saturated rings. The summed E-state index contributed by atoms with van der Waals surface area (Å²) >= 11 is 0. The number of hydrogen-bond acceptors (Lipinski definition) is 2. The first-order valence-electron chi connectivity index (χ1n) is 16.0. The molecule has 1 heterocycles. The molecule has 1 rings (SSSR count). The highest BCUT2D eigenvalue weighted by Crippen LogP contribution is 2.12. The van der Waals surface area contributed by atoms with Crippen molar-refractivity contribution >= 4 is 0 Å². The van der Waals surface area contributed by atoms with Gasteiger partial charge in [0.2, 0.25) is 0 Å². The molecule has 0 aromatic heterocycles. The van der Waals surface area contributed by atoms with Gasteiger partial charge in [0.05, 0.1) is 0 Å². The summed E-state index contributed by atoms with van der Waals surface area (Å²) in [6.45, 7) is 12.6. The third kappa shape index (κ3) is 21.0. The monoisotopic (exact) mass is 477 g/mol. The van der Waals surface area contributed by atoms with Crippen LogP contribution in [0.4, 0.5) is 0 Å². The Hall–Kier alpha value is -0.340. The van der Waals surface area contributed by atoms with E-state index in [0.29, 0.717) is 0 Å². The molecule has 0 N–H and O–H groups in total. The van der Waals surface area contributed by atoms with Crippen molar-refractivity contribution in [3.8, 4) is 0 Å². The van der Waals surface area contributed by atoms with Gasteiger partial charge in [-0.25, -0.2) is 0 Å². The molecule has 2 heteroatoms. The second kappa shape index (κ2) is 25.7. The van der Waals surface area contributed by atoms with Crippen LogP contribution in [0.25, 0.3) is 0 Å². The van der Waals surface area contributed by atoms with Crippen LogP contribution in [0.2, 0.25) is 0 Å². The van der Waals surface area contributed by atoms with Crippen molar-refractivity contribution in [2.24, 2.45) is 0 Å². The van der Waals surface area contributed by atoms with E-state index in [0.717, 1.165) is 0 Å². The van der Waals surface area contributed by atoms with Crippen LogP contribution in [0.3, 0.4) is 0 Å². The summed E-state index contributed by atoms with van der Waals surface area (Å²) in [6, 6.07) is 0. The van der Waals surface area contributed by atoms with Crippen molar-refractivity contribution in [2.45, 2.75) is 155 Å². The Labute approximate surface area is 216 Å². The van der Waals surface area contributed by atoms with Crippen LogP contribution < -0.4 is 0 Å². The van der Waals surface area contributed by atoms with Crippen molar-refractivity contribution in [1.82, 2.24) is 9.80 Å². The van der Waals surface area contributed by atoms with Gasteiger partial charge in [0, 0.05) is 13.1 Å². The summed E-state index contributed by atoms with van der Waals surface area (Å²) in [4.78, 5) is 5.50. The van der Waals surface area contributed by atoms with Crippen LogP contribution in [0, 0.1) is 0 Å². The van der Waals surface area contributed by atoms with Gasteiger partial charge in [-0.05, 0) is 77.5 Å². The SMILES string of the molecule is CCCCCC/C=C/CCCCCCCCN(CCCCCCCCCC)CCN1CCCC1. The fraction of sp³-hybridized carbons (Fsp3) is 0.938. The number of likely N-dealkylation sites (tertiary alicyclic amines) is 1. The number of unbranched alkanes of at least 4 members (excludes halogenated alkanes) is 17. The predicted molar refractivity (Wildman–Crippen MR) is 155 cm³/mol. The smallest absolute Gasteiger partial charge is 0.0109 e. The lowest BCUT2D eigenvalue weighted by atomic mass is 10.1. The van der Waals surface area contributed by atoms with Crippen molar-refractivity contribution in [2.75, 3.05) is 39.3 Å². The van der Waals surface area contributed by atoms with Crippen molar-refractivity contribution < 1.29 is 0 Å². The molecule has 0 aromatic rings. The van der Waals surface area contributed by atoms with E-state index in [9.17, 15) is 0 Å². The molecule has 0 saturated carbocycles. The van der Waals surface area contributed by atoms with Gasteiger partial charge in [0.25, 0.3) is 0 Å². The number of nitrogens with zero attached hydrogens (tertiary/aromatic N) is 2. The van der Waals surface area contributed by atoms with Crippen LogP contribution in [0.1, 0.15) is 155 Å². The standard InChI is InChI=1S/C32H64N2/c1-3-5-7-9-11-13-14-15-16-17-18-20-22-24-28-33(31-32-34-29-25-26-30-34)27-23-21-19-12-10-8-6-4-2/h13-14H,3-12,15-32H2,1-2H3/b14-13+. The summed E-state index contributed by atoms with van der Waals surface area (Å²) in [5.41, 5.74) is 0. The van der Waals surface area contributed by atoms with Gasteiger partial charge in [-0.3, -0.25) is 0 Å². The molecular weight excluding hydrogens is 412 g/mol. The fourth-order valence-electron chi connectivity index (χ4n) is 5.32. The van der Waals surface area contributed by atoms with E-state index in [1.54, 1.807) is 0 Å². The Balaban J connectivity index is 2.02. The lowest BCUT2D eigenvalue weighted by molar-refractivity contribution is 0.217. The minimum atomic E-state index is 1.30. The molecule has 34 heavy (non-hydrogen) atoms. The Morgan fingerprint density at radius 2 is 0.912 bits per heavy atom. The summed E-state index contributed by atoms with van der Waals surface area (Å²) < 4.78 is 0. The Bertz CT molecular complexity index is 413. The van der Waals surface area contributed by atoms with Crippen molar-refractivity contribution in [3.63, 3.8) is 0 Å². The normalized spacial score (nSPS) is 14.8. The van der Waals surface area contributed by atoms with Crippen LogP contribution in [-0.4, -0.2) is 49.1 Å². The minimum Gasteiger partial charge on any atom is -0.302 e. The van der Waals surface area contributed by atoms with Gasteiger partial charge in [0.15, 0.2) is 0 Å². The van der Waals surface area contributed by atoms with Gasteiger partial charge < -0.3 is 9.80 Å². The van der Waals surface area contributed by atoms with E-state index in [1.165, 1.54) is 181 Å².